The van der Waals surface area contributed by atoms with Gasteiger partial charge in [-0.25, -0.2) is 0 Å². The Morgan fingerprint density at radius 2 is 1.88 bits per heavy atom. The van der Waals surface area contributed by atoms with E-state index in [-0.39, 0.29) is 0 Å². The molecule has 0 bridgehead atoms. The zero-order valence-corrected chi connectivity index (χ0v) is 15.8. The molecule has 0 aromatic carbocycles. The summed E-state index contributed by atoms with van der Waals surface area (Å²) in [4.78, 5) is 9.17. The maximum absolute atomic E-state index is 2.51. The van der Waals surface area contributed by atoms with E-state index in [1.54, 1.807) is 7.77 Å². The average molecular weight is 359 g/mol. The molecule has 1 heterocycles. The Kier molecular flexibility index (Phi) is 6.57. The van der Waals surface area contributed by atoms with Crippen molar-refractivity contribution in [2.75, 3.05) is 0 Å². The maximum atomic E-state index is 2.51. The van der Waals surface area contributed by atoms with E-state index < -0.39 is 18.4 Å². The first kappa shape index (κ1) is 15.6. The SMILES string of the molecule is CCCCC(CC)Cc1cc[c]([Sn]([CH3])([CH3])[CH3])s1. The average Bonchev–Trinajstić information content (AvgIpc) is 2.72. The fraction of sp³-hybridized carbons (Fsp3) is 0.733. The van der Waals surface area contributed by atoms with Crippen molar-refractivity contribution >= 4 is 32.6 Å². The van der Waals surface area contributed by atoms with E-state index in [1.165, 1.54) is 32.1 Å². The van der Waals surface area contributed by atoms with Crippen molar-refractivity contribution in [2.24, 2.45) is 5.92 Å². The van der Waals surface area contributed by atoms with Gasteiger partial charge in [-0.2, -0.15) is 0 Å². The molecular weight excluding hydrogens is 331 g/mol. The van der Waals surface area contributed by atoms with E-state index in [1.807, 2.05) is 0 Å². The summed E-state index contributed by atoms with van der Waals surface area (Å²) in [6, 6.07) is 4.82. The molecular formula is C15H28SSn. The molecule has 1 aromatic rings. The first-order valence-electron chi connectivity index (χ1n) is 7.06. The summed E-state index contributed by atoms with van der Waals surface area (Å²) in [6.45, 7) is 4.64. The second-order valence-electron chi connectivity index (χ2n) is 6.14. The summed E-state index contributed by atoms with van der Waals surface area (Å²) in [6.07, 6.45) is 6.81. The molecule has 1 unspecified atom stereocenters. The van der Waals surface area contributed by atoms with E-state index in [0.29, 0.717) is 0 Å². The molecule has 0 fully saturated rings. The zero-order chi connectivity index (χ0) is 12.9. The third-order valence-corrected chi connectivity index (χ3v) is 14.0. The molecule has 0 aliphatic heterocycles. The first-order chi connectivity index (χ1) is 7.97. The number of thiophene rings is 1. The summed E-state index contributed by atoms with van der Waals surface area (Å²) in [5.74, 6) is 0.914. The Morgan fingerprint density at radius 3 is 2.35 bits per heavy atom. The van der Waals surface area contributed by atoms with Gasteiger partial charge in [0.05, 0.1) is 0 Å². The quantitative estimate of drug-likeness (QED) is 0.598. The molecule has 0 spiro atoms. The number of unbranched alkanes of at least 4 members (excludes halogenated alkanes) is 1. The van der Waals surface area contributed by atoms with Crippen LogP contribution in [0.4, 0.5) is 0 Å². The number of hydrogen-bond donors (Lipinski definition) is 0. The Labute approximate surface area is 116 Å². The molecule has 98 valence electrons. The topological polar surface area (TPSA) is 0 Å². The third-order valence-electron chi connectivity index (χ3n) is 3.43. The molecule has 0 N–H and O–H groups in total. The Hall–Kier alpha value is 0.499. The van der Waals surface area contributed by atoms with Crippen LogP contribution in [0.25, 0.3) is 0 Å². The Balaban J connectivity index is 2.58. The van der Waals surface area contributed by atoms with Gasteiger partial charge in [0.2, 0.25) is 0 Å². The minimum atomic E-state index is -1.79. The fourth-order valence-electron chi connectivity index (χ4n) is 2.12. The molecule has 1 atom stereocenters. The first-order valence-corrected chi connectivity index (χ1v) is 17.9. The van der Waals surface area contributed by atoms with Gasteiger partial charge in [0.15, 0.2) is 0 Å². The van der Waals surface area contributed by atoms with Gasteiger partial charge in [0, 0.05) is 0 Å². The predicted molar refractivity (Wildman–Crippen MR) is 84.3 cm³/mol. The number of hydrogen-bond acceptors (Lipinski definition) is 1. The normalized spacial score (nSPS) is 13.9. The second kappa shape index (κ2) is 7.18. The van der Waals surface area contributed by atoms with Gasteiger partial charge in [-0.1, -0.05) is 0 Å². The molecule has 0 nitrogen and oxygen atoms in total. The monoisotopic (exact) mass is 360 g/mol. The van der Waals surface area contributed by atoms with Crippen molar-refractivity contribution in [3.63, 3.8) is 0 Å². The van der Waals surface area contributed by atoms with Gasteiger partial charge < -0.3 is 0 Å². The van der Waals surface area contributed by atoms with E-state index in [2.05, 4.69) is 52.1 Å². The van der Waals surface area contributed by atoms with Crippen molar-refractivity contribution in [3.8, 4) is 0 Å². The summed E-state index contributed by atoms with van der Waals surface area (Å²) >= 11 is 0.316. The van der Waals surface area contributed by atoms with Crippen LogP contribution >= 0.6 is 11.3 Å². The van der Waals surface area contributed by atoms with Crippen LogP contribution in [0.1, 0.15) is 44.4 Å². The van der Waals surface area contributed by atoms with Gasteiger partial charge in [0.25, 0.3) is 0 Å². The molecule has 1 rings (SSSR count). The molecule has 0 radical (unpaired) electrons. The molecule has 0 saturated heterocycles. The molecule has 0 saturated carbocycles. The van der Waals surface area contributed by atoms with Gasteiger partial charge in [-0.3, -0.25) is 0 Å². The Bertz CT molecular complexity index is 322. The summed E-state index contributed by atoms with van der Waals surface area (Å²) < 4.78 is 1.74. The third kappa shape index (κ3) is 5.33. The summed E-state index contributed by atoms with van der Waals surface area (Å²) in [7, 11) is 0. The van der Waals surface area contributed by atoms with Crippen LogP contribution in [0.15, 0.2) is 12.1 Å². The van der Waals surface area contributed by atoms with Crippen molar-refractivity contribution in [1.29, 1.82) is 0 Å². The van der Waals surface area contributed by atoms with Gasteiger partial charge in [-0.15, -0.1) is 0 Å². The second-order valence-corrected chi connectivity index (χ2v) is 22.7. The predicted octanol–water partition coefficient (Wildman–Crippen LogP) is 5.05. The van der Waals surface area contributed by atoms with Crippen LogP contribution in [0.2, 0.25) is 14.8 Å². The summed E-state index contributed by atoms with van der Waals surface area (Å²) in [5.41, 5.74) is 0. The van der Waals surface area contributed by atoms with Gasteiger partial charge >= 0.3 is 116 Å². The molecule has 0 aliphatic rings. The Morgan fingerprint density at radius 1 is 1.18 bits per heavy atom. The van der Waals surface area contributed by atoms with Crippen LogP contribution < -0.4 is 2.89 Å². The van der Waals surface area contributed by atoms with E-state index in [4.69, 9.17) is 0 Å². The van der Waals surface area contributed by atoms with E-state index in [9.17, 15) is 0 Å². The van der Waals surface area contributed by atoms with Crippen molar-refractivity contribution in [2.45, 2.75) is 60.8 Å². The molecule has 2 heteroatoms. The van der Waals surface area contributed by atoms with Crippen molar-refractivity contribution < 1.29 is 0 Å². The van der Waals surface area contributed by atoms with Crippen molar-refractivity contribution in [1.82, 2.24) is 0 Å². The van der Waals surface area contributed by atoms with E-state index >= 15 is 0 Å². The van der Waals surface area contributed by atoms with Crippen LogP contribution in [0.3, 0.4) is 0 Å². The summed E-state index contributed by atoms with van der Waals surface area (Å²) in [5, 5.41) is 0. The molecule has 1 aromatic heterocycles. The zero-order valence-electron chi connectivity index (χ0n) is 12.2. The fourth-order valence-corrected chi connectivity index (χ4v) is 8.71. The van der Waals surface area contributed by atoms with Crippen molar-refractivity contribution in [3.05, 3.63) is 17.0 Å². The standard InChI is InChI=1S/C12H19S.3CH3.Sn/c1-3-5-7-11(4-2)10-12-8-6-9-13-12;;;;/h6,8,11H,3-5,7,10H2,1-2H3;3*1H3;. The van der Waals surface area contributed by atoms with Crippen LogP contribution in [0, 0.1) is 5.92 Å². The van der Waals surface area contributed by atoms with E-state index in [0.717, 1.165) is 5.92 Å². The van der Waals surface area contributed by atoms with Gasteiger partial charge in [0.1, 0.15) is 0 Å². The number of rotatable bonds is 7. The van der Waals surface area contributed by atoms with Crippen LogP contribution in [-0.2, 0) is 6.42 Å². The molecule has 0 amide bonds. The molecule has 0 aliphatic carbocycles. The molecule has 17 heavy (non-hydrogen) atoms. The van der Waals surface area contributed by atoms with Crippen LogP contribution in [-0.4, -0.2) is 18.4 Å². The van der Waals surface area contributed by atoms with Crippen LogP contribution in [0.5, 0.6) is 0 Å². The van der Waals surface area contributed by atoms with Gasteiger partial charge in [-0.05, 0) is 0 Å². The minimum absolute atomic E-state index is 0.914.